The first-order valence-electron chi connectivity index (χ1n) is 6.68. The van der Waals surface area contributed by atoms with E-state index in [1.54, 1.807) is 13.0 Å². The van der Waals surface area contributed by atoms with Gasteiger partial charge in [0.1, 0.15) is 6.10 Å². The van der Waals surface area contributed by atoms with Crippen molar-refractivity contribution in [3.05, 3.63) is 24.3 Å². The number of hydrogen-bond donors (Lipinski definition) is 1. The Hall–Kier alpha value is -1.42. The van der Waals surface area contributed by atoms with Crippen molar-refractivity contribution in [3.63, 3.8) is 0 Å². The molecule has 4 heteroatoms. The number of hydrogen-bond acceptors (Lipinski definition) is 4. The fraction of sp³-hybridized carbons (Fsp3) is 0.600. The summed E-state index contributed by atoms with van der Waals surface area (Å²) >= 11 is 0. The van der Waals surface area contributed by atoms with E-state index in [1.807, 2.05) is 13.0 Å². The molecular weight excluding hydrogens is 244 g/mol. The van der Waals surface area contributed by atoms with Crippen molar-refractivity contribution in [2.45, 2.75) is 32.5 Å². The normalized spacial score (nSPS) is 48.8. The minimum atomic E-state index is -0.922. The Kier molecular flexibility index (Phi) is 2.52. The molecule has 4 nitrogen and oxygen atoms in total. The molecule has 19 heavy (non-hydrogen) atoms. The summed E-state index contributed by atoms with van der Waals surface area (Å²) in [6.07, 6.45) is 2.83. The van der Waals surface area contributed by atoms with Crippen LogP contribution in [0.5, 0.6) is 0 Å². The number of ether oxygens (including phenoxy) is 1. The first-order valence-corrected chi connectivity index (χ1v) is 6.68. The Labute approximate surface area is 112 Å². The van der Waals surface area contributed by atoms with Crippen LogP contribution in [-0.2, 0) is 14.3 Å². The SMILES string of the molecule is C=C1C(=O)O[C@@H]2C[C@H](C)[C@H]3C=CC(=O)[C@@]3(C)[C@@H](O)[C@H]12. The van der Waals surface area contributed by atoms with Crippen molar-refractivity contribution in [1.29, 1.82) is 0 Å². The van der Waals surface area contributed by atoms with E-state index in [9.17, 15) is 14.7 Å². The summed E-state index contributed by atoms with van der Waals surface area (Å²) in [4.78, 5) is 23.9. The molecule has 2 aliphatic carbocycles. The second-order valence-electron chi connectivity index (χ2n) is 6.18. The highest BCUT2D eigenvalue weighted by molar-refractivity contribution is 5.99. The Morgan fingerprint density at radius 2 is 2.16 bits per heavy atom. The molecule has 3 rings (SSSR count). The van der Waals surface area contributed by atoms with Crippen molar-refractivity contribution in [1.82, 2.24) is 0 Å². The third-order valence-electron chi connectivity index (χ3n) is 5.17. The molecule has 1 saturated heterocycles. The highest BCUT2D eigenvalue weighted by Gasteiger charge is 2.59. The molecule has 1 heterocycles. The van der Waals surface area contributed by atoms with Crippen LogP contribution >= 0.6 is 0 Å². The number of ketones is 1. The van der Waals surface area contributed by atoms with Crippen molar-refractivity contribution >= 4 is 11.8 Å². The summed E-state index contributed by atoms with van der Waals surface area (Å²) in [6.45, 7) is 7.57. The number of esters is 1. The smallest absolute Gasteiger partial charge is 0.334 e. The second-order valence-corrected chi connectivity index (χ2v) is 6.18. The Bertz CT molecular complexity index is 506. The van der Waals surface area contributed by atoms with E-state index in [0.717, 1.165) is 0 Å². The molecule has 1 saturated carbocycles. The average molecular weight is 262 g/mol. The molecule has 1 aliphatic heterocycles. The summed E-state index contributed by atoms with van der Waals surface area (Å²) < 4.78 is 5.31. The summed E-state index contributed by atoms with van der Waals surface area (Å²) in [6, 6.07) is 0. The topological polar surface area (TPSA) is 63.6 Å². The monoisotopic (exact) mass is 262 g/mol. The van der Waals surface area contributed by atoms with Gasteiger partial charge in [-0.2, -0.15) is 0 Å². The van der Waals surface area contributed by atoms with E-state index in [0.29, 0.717) is 12.0 Å². The maximum atomic E-state index is 12.2. The molecule has 2 fully saturated rings. The predicted octanol–water partition coefficient (Wildman–Crippen LogP) is 1.25. The molecule has 0 aromatic heterocycles. The van der Waals surface area contributed by atoms with Crippen LogP contribution in [0, 0.1) is 23.2 Å². The maximum absolute atomic E-state index is 12.2. The highest BCUT2D eigenvalue weighted by Crippen LogP contribution is 2.52. The quantitative estimate of drug-likeness (QED) is 0.527. The third-order valence-corrected chi connectivity index (χ3v) is 5.17. The number of aliphatic hydroxyl groups is 1. The molecule has 6 atom stereocenters. The van der Waals surface area contributed by atoms with Gasteiger partial charge in [0.2, 0.25) is 0 Å². The molecule has 0 unspecified atom stereocenters. The van der Waals surface area contributed by atoms with Crippen LogP contribution in [-0.4, -0.2) is 29.1 Å². The van der Waals surface area contributed by atoms with E-state index in [1.165, 1.54) is 0 Å². The largest absolute Gasteiger partial charge is 0.458 e. The van der Waals surface area contributed by atoms with E-state index in [-0.39, 0.29) is 23.7 Å². The molecule has 0 aromatic carbocycles. The maximum Gasteiger partial charge on any atom is 0.334 e. The van der Waals surface area contributed by atoms with Crippen LogP contribution in [0.3, 0.4) is 0 Å². The van der Waals surface area contributed by atoms with Gasteiger partial charge in [-0.3, -0.25) is 4.79 Å². The average Bonchev–Trinajstić information content (AvgIpc) is 2.77. The molecule has 0 aromatic rings. The number of aliphatic hydroxyl groups excluding tert-OH is 1. The van der Waals surface area contributed by atoms with Crippen LogP contribution in [0.2, 0.25) is 0 Å². The Morgan fingerprint density at radius 1 is 1.47 bits per heavy atom. The van der Waals surface area contributed by atoms with Gasteiger partial charge in [0.05, 0.1) is 17.4 Å². The Morgan fingerprint density at radius 3 is 2.84 bits per heavy atom. The van der Waals surface area contributed by atoms with Gasteiger partial charge >= 0.3 is 5.97 Å². The fourth-order valence-electron chi connectivity index (χ4n) is 3.98. The van der Waals surface area contributed by atoms with Gasteiger partial charge in [0.15, 0.2) is 5.78 Å². The van der Waals surface area contributed by atoms with Gasteiger partial charge in [0, 0.05) is 5.57 Å². The lowest BCUT2D eigenvalue weighted by Gasteiger charge is -2.37. The van der Waals surface area contributed by atoms with Gasteiger partial charge in [-0.1, -0.05) is 19.6 Å². The van der Waals surface area contributed by atoms with Gasteiger partial charge in [0.25, 0.3) is 0 Å². The van der Waals surface area contributed by atoms with Crippen molar-refractivity contribution < 1.29 is 19.4 Å². The van der Waals surface area contributed by atoms with Crippen LogP contribution in [0.15, 0.2) is 24.3 Å². The van der Waals surface area contributed by atoms with Crippen LogP contribution < -0.4 is 0 Å². The molecule has 1 N–H and O–H groups in total. The summed E-state index contributed by atoms with van der Waals surface area (Å²) in [5, 5.41) is 10.7. The molecular formula is C15H18O4. The van der Waals surface area contributed by atoms with Gasteiger partial charge < -0.3 is 9.84 Å². The van der Waals surface area contributed by atoms with Gasteiger partial charge in [-0.15, -0.1) is 0 Å². The molecule has 0 bridgehead atoms. The third kappa shape index (κ3) is 1.43. The zero-order valence-corrected chi connectivity index (χ0v) is 11.1. The lowest BCUT2D eigenvalue weighted by molar-refractivity contribution is -0.140. The van der Waals surface area contributed by atoms with E-state index >= 15 is 0 Å². The standard InChI is InChI=1S/C15H18O4/c1-7-6-10-12(8(2)14(18)19-10)13(17)15(3)9(7)4-5-11(15)16/h4-5,7,9-10,12-13,17H,2,6H2,1,3H3/t7-,9+,10+,12+,13-,15-/m0/s1. The first kappa shape index (κ1) is 12.6. The second kappa shape index (κ2) is 3.79. The lowest BCUT2D eigenvalue weighted by atomic mass is 9.67. The molecule has 0 spiro atoms. The summed E-state index contributed by atoms with van der Waals surface area (Å²) in [7, 11) is 0. The molecule has 0 radical (unpaired) electrons. The van der Waals surface area contributed by atoms with Crippen LogP contribution in [0.25, 0.3) is 0 Å². The zero-order valence-electron chi connectivity index (χ0n) is 11.1. The van der Waals surface area contributed by atoms with E-state index < -0.39 is 23.4 Å². The fourth-order valence-corrected chi connectivity index (χ4v) is 3.98. The molecule has 0 amide bonds. The molecule has 3 aliphatic rings. The number of carbonyl (C=O) groups is 2. The summed E-state index contributed by atoms with van der Waals surface area (Å²) in [5.41, 5.74) is -0.568. The first-order chi connectivity index (χ1) is 8.87. The van der Waals surface area contributed by atoms with Crippen LogP contribution in [0.1, 0.15) is 20.3 Å². The predicted molar refractivity (Wildman–Crippen MR) is 68.0 cm³/mol. The van der Waals surface area contributed by atoms with Crippen molar-refractivity contribution in [2.75, 3.05) is 0 Å². The van der Waals surface area contributed by atoms with Gasteiger partial charge in [-0.05, 0) is 31.3 Å². The minimum Gasteiger partial charge on any atom is -0.458 e. The number of allylic oxidation sites excluding steroid dienone is 2. The van der Waals surface area contributed by atoms with Gasteiger partial charge in [-0.25, -0.2) is 4.79 Å². The highest BCUT2D eigenvalue weighted by atomic mass is 16.6. The number of rotatable bonds is 0. The number of fused-ring (bicyclic) bond motifs is 2. The zero-order chi connectivity index (χ0) is 13.9. The van der Waals surface area contributed by atoms with E-state index in [4.69, 9.17) is 4.74 Å². The van der Waals surface area contributed by atoms with Crippen LogP contribution in [0.4, 0.5) is 0 Å². The van der Waals surface area contributed by atoms with E-state index in [2.05, 4.69) is 6.58 Å². The van der Waals surface area contributed by atoms with Crippen molar-refractivity contribution in [2.24, 2.45) is 23.2 Å². The minimum absolute atomic E-state index is 0.00731. The summed E-state index contributed by atoms with van der Waals surface area (Å²) in [5.74, 6) is -0.802. The number of carbonyl (C=O) groups excluding carboxylic acids is 2. The molecule has 102 valence electrons. The van der Waals surface area contributed by atoms with Crippen molar-refractivity contribution in [3.8, 4) is 0 Å². The lowest BCUT2D eigenvalue weighted by Crippen LogP contribution is -2.46. The Balaban J connectivity index is 2.08.